The average Bonchev–Trinajstić information content (AvgIpc) is 2.92. The first kappa shape index (κ1) is 16.4. The summed E-state index contributed by atoms with van der Waals surface area (Å²) in [5, 5.41) is 9.40. The van der Waals surface area contributed by atoms with Gasteiger partial charge in [0.1, 0.15) is 17.6 Å². The van der Waals surface area contributed by atoms with Gasteiger partial charge in [0.05, 0.1) is 16.1 Å². The monoisotopic (exact) mass is 343 g/mol. The largest absolute Gasteiger partial charge is 0.466 e. The van der Waals surface area contributed by atoms with Crippen LogP contribution in [-0.4, -0.2) is 37.0 Å². The fraction of sp³-hybridized carbons (Fsp3) is 0.333. The number of furan rings is 1. The Hall–Kier alpha value is -2.45. The second-order valence-electron chi connectivity index (χ2n) is 5.88. The Morgan fingerprint density at radius 3 is 2.46 bits per heavy atom. The number of benzene rings is 1. The van der Waals surface area contributed by atoms with Crippen molar-refractivity contribution in [3.8, 4) is 6.07 Å². The maximum absolute atomic E-state index is 12.6. The predicted octanol–water partition coefficient (Wildman–Crippen LogP) is 3.38. The summed E-state index contributed by atoms with van der Waals surface area (Å²) in [5.74, 6) is 1.43. The van der Waals surface area contributed by atoms with E-state index in [-0.39, 0.29) is 5.91 Å². The van der Waals surface area contributed by atoms with E-state index in [0.717, 1.165) is 24.5 Å². The van der Waals surface area contributed by atoms with Gasteiger partial charge in [0.15, 0.2) is 0 Å². The number of nitriles is 1. The van der Waals surface area contributed by atoms with Crippen molar-refractivity contribution >= 4 is 23.2 Å². The van der Waals surface area contributed by atoms with Crippen molar-refractivity contribution in [3.05, 3.63) is 51.9 Å². The highest BCUT2D eigenvalue weighted by atomic mass is 35.5. The van der Waals surface area contributed by atoms with Crippen LogP contribution in [0.3, 0.4) is 0 Å². The minimum atomic E-state index is 0.0156. The summed E-state index contributed by atoms with van der Waals surface area (Å²) < 4.78 is 5.45. The van der Waals surface area contributed by atoms with Gasteiger partial charge >= 0.3 is 0 Å². The summed E-state index contributed by atoms with van der Waals surface area (Å²) in [5.41, 5.74) is 2.09. The van der Waals surface area contributed by atoms with Crippen LogP contribution >= 0.6 is 11.6 Å². The molecule has 5 nitrogen and oxygen atoms in total. The van der Waals surface area contributed by atoms with Gasteiger partial charge in [-0.25, -0.2) is 0 Å². The van der Waals surface area contributed by atoms with Crippen molar-refractivity contribution in [2.24, 2.45) is 0 Å². The van der Waals surface area contributed by atoms with E-state index in [2.05, 4.69) is 11.0 Å². The van der Waals surface area contributed by atoms with Gasteiger partial charge in [-0.1, -0.05) is 11.6 Å². The highest BCUT2D eigenvalue weighted by molar-refractivity contribution is 6.32. The Balaban J connectivity index is 1.68. The second kappa shape index (κ2) is 6.58. The van der Waals surface area contributed by atoms with Gasteiger partial charge in [0.25, 0.3) is 5.91 Å². The molecule has 3 rings (SSSR count). The van der Waals surface area contributed by atoms with Crippen LogP contribution in [-0.2, 0) is 0 Å². The van der Waals surface area contributed by atoms with E-state index in [1.165, 1.54) is 0 Å². The molecular weight excluding hydrogens is 326 g/mol. The SMILES string of the molecule is Cc1cc(C(=O)N2CCN(c3ccc(C#N)c(Cl)c3)CC2)c(C)o1. The maximum atomic E-state index is 12.6. The molecule has 1 saturated heterocycles. The summed E-state index contributed by atoms with van der Waals surface area (Å²) in [6.45, 7) is 6.39. The number of aryl methyl sites for hydroxylation is 2. The third kappa shape index (κ3) is 3.10. The fourth-order valence-corrected chi connectivity index (χ4v) is 3.19. The first-order valence-corrected chi connectivity index (χ1v) is 8.18. The van der Waals surface area contributed by atoms with Gasteiger partial charge < -0.3 is 14.2 Å². The molecule has 1 fully saturated rings. The third-order valence-electron chi connectivity index (χ3n) is 4.28. The molecule has 0 N–H and O–H groups in total. The van der Waals surface area contributed by atoms with Gasteiger partial charge in [-0.3, -0.25) is 4.79 Å². The Kier molecular flexibility index (Phi) is 4.50. The number of hydrogen-bond donors (Lipinski definition) is 0. The van der Waals surface area contributed by atoms with Crippen LogP contribution in [0.4, 0.5) is 5.69 Å². The lowest BCUT2D eigenvalue weighted by molar-refractivity contribution is 0.0745. The number of amides is 1. The van der Waals surface area contributed by atoms with Crippen molar-refractivity contribution in [1.29, 1.82) is 5.26 Å². The zero-order chi connectivity index (χ0) is 17.3. The van der Waals surface area contributed by atoms with Crippen molar-refractivity contribution in [3.63, 3.8) is 0 Å². The van der Waals surface area contributed by atoms with Gasteiger partial charge in [0, 0.05) is 31.9 Å². The second-order valence-corrected chi connectivity index (χ2v) is 6.29. The molecule has 2 heterocycles. The zero-order valence-electron chi connectivity index (χ0n) is 13.7. The number of carbonyl (C=O) groups excluding carboxylic acids is 1. The molecule has 0 saturated carbocycles. The maximum Gasteiger partial charge on any atom is 0.257 e. The van der Waals surface area contributed by atoms with Gasteiger partial charge in [-0.15, -0.1) is 0 Å². The van der Waals surface area contributed by atoms with Crippen LogP contribution in [0.5, 0.6) is 0 Å². The molecule has 0 unspecified atom stereocenters. The minimum absolute atomic E-state index is 0.0156. The molecule has 6 heteroatoms. The first-order chi connectivity index (χ1) is 11.5. The Labute approximate surface area is 146 Å². The number of hydrogen-bond acceptors (Lipinski definition) is 4. The molecule has 0 bridgehead atoms. The number of carbonyl (C=O) groups is 1. The molecule has 1 amide bonds. The van der Waals surface area contributed by atoms with E-state index in [4.69, 9.17) is 21.3 Å². The first-order valence-electron chi connectivity index (χ1n) is 7.80. The Bertz CT molecular complexity index is 814. The lowest BCUT2D eigenvalue weighted by Crippen LogP contribution is -2.48. The number of rotatable bonds is 2. The predicted molar refractivity (Wildman–Crippen MR) is 92.5 cm³/mol. The van der Waals surface area contributed by atoms with Gasteiger partial charge in [-0.05, 0) is 38.1 Å². The average molecular weight is 344 g/mol. The van der Waals surface area contributed by atoms with E-state index in [1.807, 2.05) is 24.8 Å². The topological polar surface area (TPSA) is 60.5 Å². The lowest BCUT2D eigenvalue weighted by Gasteiger charge is -2.36. The molecule has 0 atom stereocenters. The normalized spacial score (nSPS) is 14.6. The summed E-state index contributed by atoms with van der Waals surface area (Å²) in [6.07, 6.45) is 0. The van der Waals surface area contributed by atoms with Gasteiger partial charge in [-0.2, -0.15) is 5.26 Å². The van der Waals surface area contributed by atoms with E-state index in [9.17, 15) is 4.79 Å². The van der Waals surface area contributed by atoms with Crippen molar-refractivity contribution in [2.45, 2.75) is 13.8 Å². The molecule has 1 aliphatic heterocycles. The smallest absolute Gasteiger partial charge is 0.257 e. The standard InChI is InChI=1S/C18H18ClN3O2/c1-12-9-16(13(2)24-12)18(23)22-7-5-21(6-8-22)15-4-3-14(11-20)17(19)10-15/h3-4,9-10H,5-8H2,1-2H3. The van der Waals surface area contributed by atoms with Crippen LogP contribution in [0.25, 0.3) is 0 Å². The molecule has 1 aromatic carbocycles. The van der Waals surface area contributed by atoms with Crippen molar-refractivity contribution < 1.29 is 9.21 Å². The Morgan fingerprint density at radius 1 is 1.21 bits per heavy atom. The van der Waals surface area contributed by atoms with E-state index < -0.39 is 0 Å². The quantitative estimate of drug-likeness (QED) is 0.838. The van der Waals surface area contributed by atoms with E-state index in [0.29, 0.717) is 35.0 Å². The zero-order valence-corrected chi connectivity index (χ0v) is 14.4. The lowest BCUT2D eigenvalue weighted by atomic mass is 10.1. The van der Waals surface area contributed by atoms with Gasteiger partial charge in [0.2, 0.25) is 0 Å². The molecule has 1 aromatic heterocycles. The molecule has 0 spiro atoms. The highest BCUT2D eigenvalue weighted by Crippen LogP contribution is 2.25. The van der Waals surface area contributed by atoms with Crippen LogP contribution in [0.15, 0.2) is 28.7 Å². The summed E-state index contributed by atoms with van der Waals surface area (Å²) >= 11 is 6.10. The number of piperazine rings is 1. The van der Waals surface area contributed by atoms with E-state index >= 15 is 0 Å². The minimum Gasteiger partial charge on any atom is -0.466 e. The molecule has 124 valence electrons. The van der Waals surface area contributed by atoms with Crippen LogP contribution in [0, 0.1) is 25.2 Å². The third-order valence-corrected chi connectivity index (χ3v) is 4.59. The number of nitrogens with zero attached hydrogens (tertiary/aromatic N) is 3. The van der Waals surface area contributed by atoms with Crippen molar-refractivity contribution in [1.82, 2.24) is 4.90 Å². The number of halogens is 1. The molecule has 2 aromatic rings. The fourth-order valence-electron chi connectivity index (χ4n) is 2.97. The van der Waals surface area contributed by atoms with Crippen molar-refractivity contribution in [2.75, 3.05) is 31.1 Å². The van der Waals surface area contributed by atoms with Crippen LogP contribution in [0.2, 0.25) is 5.02 Å². The van der Waals surface area contributed by atoms with Crippen LogP contribution < -0.4 is 4.90 Å². The van der Waals surface area contributed by atoms with E-state index in [1.54, 1.807) is 18.2 Å². The molecule has 24 heavy (non-hydrogen) atoms. The highest BCUT2D eigenvalue weighted by Gasteiger charge is 2.25. The Morgan fingerprint density at radius 2 is 1.92 bits per heavy atom. The number of anilines is 1. The summed E-state index contributed by atoms with van der Waals surface area (Å²) in [7, 11) is 0. The summed E-state index contributed by atoms with van der Waals surface area (Å²) in [4.78, 5) is 16.6. The molecule has 0 aliphatic carbocycles. The molecular formula is C18H18ClN3O2. The molecule has 1 aliphatic rings. The van der Waals surface area contributed by atoms with Crippen LogP contribution in [0.1, 0.15) is 27.4 Å². The summed E-state index contributed by atoms with van der Waals surface area (Å²) in [6, 6.07) is 9.29. The molecule has 0 radical (unpaired) electrons.